The summed E-state index contributed by atoms with van der Waals surface area (Å²) in [5.74, 6) is -2.37. The number of nitrogens with zero attached hydrogens (tertiary/aromatic N) is 1. The second-order valence-electron chi connectivity index (χ2n) is 18.4. The van der Waals surface area contributed by atoms with Gasteiger partial charge >= 0.3 is 11.9 Å². The zero-order chi connectivity index (χ0) is 52.0. The normalized spacial score (nSPS) is 14.0. The van der Waals surface area contributed by atoms with Crippen molar-refractivity contribution in [1.29, 1.82) is 0 Å². The van der Waals surface area contributed by atoms with Gasteiger partial charge in [-0.2, -0.15) is 0 Å². The van der Waals surface area contributed by atoms with Gasteiger partial charge in [0, 0.05) is 12.8 Å². The number of likely N-dealkylation sites (N-methyl/N-ethyl adjacent to an activating group) is 1. The molecule has 0 aromatic heterocycles. The highest BCUT2D eigenvalue weighted by atomic mass is 16.7. The number of carbonyl (C=O) groups is 3. The largest absolute Gasteiger partial charge is 0.545 e. The van der Waals surface area contributed by atoms with E-state index >= 15 is 0 Å². The topological polar surface area (TPSA) is 111 Å². The first kappa shape index (κ1) is 66.2. The Bertz CT molecular complexity index is 1670. The number of allylic oxidation sites excluding steroid dienone is 24. The molecular weight excluding hydrogens is 887 g/mol. The van der Waals surface area contributed by atoms with Crippen LogP contribution in [-0.4, -0.2) is 82.3 Å². The van der Waals surface area contributed by atoms with Gasteiger partial charge in [-0.3, -0.25) is 9.59 Å². The molecule has 0 amide bonds. The summed E-state index contributed by atoms with van der Waals surface area (Å²) in [6.45, 7) is 4.41. The zero-order valence-electron chi connectivity index (χ0n) is 45.0. The van der Waals surface area contributed by atoms with Gasteiger partial charge in [-0.1, -0.05) is 185 Å². The summed E-state index contributed by atoms with van der Waals surface area (Å²) in [5.41, 5.74) is 0. The Hall–Kier alpha value is -4.83. The molecule has 0 rings (SSSR count). The minimum Gasteiger partial charge on any atom is -0.545 e. The van der Waals surface area contributed by atoms with Crippen LogP contribution in [-0.2, 0) is 33.3 Å². The van der Waals surface area contributed by atoms with Crippen molar-refractivity contribution in [3.63, 3.8) is 0 Å². The van der Waals surface area contributed by atoms with Crippen LogP contribution in [0.3, 0.4) is 0 Å². The first-order valence-corrected chi connectivity index (χ1v) is 27.0. The van der Waals surface area contributed by atoms with E-state index in [1.54, 1.807) is 0 Å². The second-order valence-corrected chi connectivity index (χ2v) is 18.4. The quantitative estimate of drug-likeness (QED) is 0.0195. The van der Waals surface area contributed by atoms with Gasteiger partial charge in [-0.15, -0.1) is 0 Å². The molecule has 0 aliphatic carbocycles. The molecule has 2 atom stereocenters. The molecule has 9 nitrogen and oxygen atoms in total. The fourth-order valence-electron chi connectivity index (χ4n) is 6.48. The van der Waals surface area contributed by atoms with Crippen molar-refractivity contribution in [1.82, 2.24) is 0 Å². The first-order chi connectivity index (χ1) is 34.6. The molecule has 2 unspecified atom stereocenters. The molecular formula is C62H97NO8. The Balaban J connectivity index is 4.34. The van der Waals surface area contributed by atoms with E-state index in [1.807, 2.05) is 21.1 Å². The number of hydrogen-bond acceptors (Lipinski definition) is 8. The molecule has 398 valence electrons. The van der Waals surface area contributed by atoms with Gasteiger partial charge < -0.3 is 33.3 Å². The second kappa shape index (κ2) is 51.5. The summed E-state index contributed by atoms with van der Waals surface area (Å²) in [5, 5.41) is 11.7. The predicted octanol–water partition coefficient (Wildman–Crippen LogP) is 14.3. The molecule has 0 aromatic carbocycles. The van der Waals surface area contributed by atoms with Crippen LogP contribution in [0.4, 0.5) is 0 Å². The molecule has 0 saturated heterocycles. The van der Waals surface area contributed by atoms with Crippen molar-refractivity contribution in [2.75, 3.05) is 47.5 Å². The van der Waals surface area contributed by atoms with E-state index in [9.17, 15) is 19.5 Å². The summed E-state index contributed by atoms with van der Waals surface area (Å²) in [6.07, 6.45) is 71.9. The average Bonchev–Trinajstić information content (AvgIpc) is 3.34. The fourth-order valence-corrected chi connectivity index (χ4v) is 6.48. The van der Waals surface area contributed by atoms with Gasteiger partial charge in [0.05, 0.1) is 40.3 Å². The number of rotatable bonds is 47. The lowest BCUT2D eigenvalue weighted by atomic mass is 10.1. The molecule has 0 radical (unpaired) electrons. The molecule has 0 fully saturated rings. The first-order valence-electron chi connectivity index (χ1n) is 27.0. The summed E-state index contributed by atoms with van der Waals surface area (Å²) in [4.78, 5) is 37.1. The maximum atomic E-state index is 12.8. The van der Waals surface area contributed by atoms with Gasteiger partial charge in [0.25, 0.3) is 0 Å². The highest BCUT2D eigenvalue weighted by Crippen LogP contribution is 2.12. The van der Waals surface area contributed by atoms with Crippen molar-refractivity contribution in [2.45, 2.75) is 180 Å². The molecule has 0 bridgehead atoms. The van der Waals surface area contributed by atoms with Crippen LogP contribution in [0.15, 0.2) is 146 Å². The van der Waals surface area contributed by atoms with Crippen molar-refractivity contribution in [2.24, 2.45) is 0 Å². The molecule has 71 heavy (non-hydrogen) atoms. The van der Waals surface area contributed by atoms with Crippen molar-refractivity contribution in [3.8, 4) is 0 Å². The number of carboxylic acid groups (broad SMARTS) is 1. The lowest BCUT2D eigenvalue weighted by Crippen LogP contribution is -2.44. The fraction of sp³-hybridized carbons (Fsp3) is 0.565. The number of esters is 2. The zero-order valence-corrected chi connectivity index (χ0v) is 45.0. The molecule has 0 aliphatic heterocycles. The van der Waals surface area contributed by atoms with E-state index in [0.717, 1.165) is 128 Å². The number of unbranched alkanes of at least 4 members (excludes halogenated alkanes) is 8. The van der Waals surface area contributed by atoms with Gasteiger partial charge in [0.2, 0.25) is 0 Å². The van der Waals surface area contributed by atoms with Crippen LogP contribution in [0.2, 0.25) is 0 Å². The van der Waals surface area contributed by atoms with Gasteiger partial charge in [0.15, 0.2) is 12.4 Å². The van der Waals surface area contributed by atoms with Gasteiger partial charge in [-0.05, 0) is 116 Å². The van der Waals surface area contributed by atoms with E-state index in [4.69, 9.17) is 18.9 Å². The summed E-state index contributed by atoms with van der Waals surface area (Å²) < 4.78 is 22.5. The minimum atomic E-state index is -1.64. The van der Waals surface area contributed by atoms with Crippen LogP contribution in [0.5, 0.6) is 0 Å². The molecule has 0 heterocycles. The van der Waals surface area contributed by atoms with Crippen molar-refractivity contribution >= 4 is 17.9 Å². The predicted molar refractivity (Wildman–Crippen MR) is 296 cm³/mol. The smallest absolute Gasteiger partial charge is 0.306 e. The Kier molecular flexibility index (Phi) is 48.0. The molecule has 0 aromatic rings. The van der Waals surface area contributed by atoms with E-state index < -0.39 is 30.3 Å². The summed E-state index contributed by atoms with van der Waals surface area (Å²) in [6, 6.07) is 0. The lowest BCUT2D eigenvalue weighted by molar-refractivity contribution is -0.870. The highest BCUT2D eigenvalue weighted by molar-refractivity contribution is 5.70. The van der Waals surface area contributed by atoms with Crippen molar-refractivity contribution < 1.29 is 42.9 Å². The van der Waals surface area contributed by atoms with Crippen LogP contribution in [0.25, 0.3) is 0 Å². The van der Waals surface area contributed by atoms with Crippen molar-refractivity contribution in [3.05, 3.63) is 146 Å². The third kappa shape index (κ3) is 52.8. The number of ether oxygens (including phenoxy) is 4. The Morgan fingerprint density at radius 1 is 0.423 bits per heavy atom. The Morgan fingerprint density at radius 2 is 0.761 bits per heavy atom. The highest BCUT2D eigenvalue weighted by Gasteiger charge is 2.21. The summed E-state index contributed by atoms with van der Waals surface area (Å²) in [7, 11) is 5.88. The number of hydrogen-bond donors (Lipinski definition) is 0. The number of carboxylic acids is 1. The maximum absolute atomic E-state index is 12.8. The van der Waals surface area contributed by atoms with Crippen LogP contribution < -0.4 is 5.11 Å². The van der Waals surface area contributed by atoms with Crippen LogP contribution >= 0.6 is 0 Å². The van der Waals surface area contributed by atoms with Crippen LogP contribution in [0.1, 0.15) is 168 Å². The molecule has 0 saturated carbocycles. The van der Waals surface area contributed by atoms with E-state index in [1.165, 1.54) is 0 Å². The third-order valence-corrected chi connectivity index (χ3v) is 10.6. The average molecular weight is 984 g/mol. The number of carbonyl (C=O) groups excluding carboxylic acids is 3. The maximum Gasteiger partial charge on any atom is 0.306 e. The van der Waals surface area contributed by atoms with E-state index in [0.29, 0.717) is 23.9 Å². The Morgan fingerprint density at radius 3 is 1.14 bits per heavy atom. The molecule has 9 heteroatoms. The minimum absolute atomic E-state index is 0.130. The summed E-state index contributed by atoms with van der Waals surface area (Å²) >= 11 is 0. The third-order valence-electron chi connectivity index (χ3n) is 10.6. The van der Waals surface area contributed by atoms with E-state index in [2.05, 4.69) is 160 Å². The molecule has 0 spiro atoms. The number of aliphatic carboxylic acids is 1. The molecule has 0 aliphatic rings. The van der Waals surface area contributed by atoms with Crippen LogP contribution in [0, 0.1) is 0 Å². The standard InChI is InChI=1S/C62H97NO8/c1-6-8-10-12-14-16-18-20-21-22-23-24-25-26-27-28-29-30-31-32-33-34-35-36-37-38-39-41-43-45-47-49-51-53-60(65)71-58(57-70-62(61(66)67)68-55-54-63(3,4)5)56-69-59(64)52-50-48-46-44-42-40-19-17-15-13-11-9-7-2/h8-11,14-17,20-21,23-24,26-27,29-30,32-33,35-36,38-40,42,58,62H,6-7,12-13,18-19,22,25,28,31,34,37,41,43-57H2,1-5H3/b10-8-,11-9-,16-14-,17-15-,21-20-,24-23-,27-26-,30-29-,33-32-,36-35-,39-38-,42-40-. The van der Waals surface area contributed by atoms with Gasteiger partial charge in [0.1, 0.15) is 13.2 Å². The van der Waals surface area contributed by atoms with Gasteiger partial charge in [-0.25, -0.2) is 0 Å². The SMILES string of the molecule is CC/C=C\C/C=C\C/C=C\C/C=C\C/C=C\C/C=C\C/C=C\C/C=C\C/C=C\CCCCCCCC(=O)OC(COC(=O)CCCCC/C=C\C/C=C\C/C=C\CC)COC(OCC[N+](C)(C)C)C(=O)[O-]. The monoisotopic (exact) mass is 984 g/mol. The lowest BCUT2D eigenvalue weighted by Gasteiger charge is -2.26. The molecule has 0 N–H and O–H groups in total. The Labute approximate surface area is 432 Å². The number of quaternary nitrogens is 1. The van der Waals surface area contributed by atoms with E-state index in [-0.39, 0.29) is 32.7 Å².